The zero-order valence-electron chi connectivity index (χ0n) is 14.9. The molecule has 0 aliphatic rings. The summed E-state index contributed by atoms with van der Waals surface area (Å²) >= 11 is 1.48. The number of hydrogen-bond acceptors (Lipinski definition) is 5. The third-order valence-corrected chi connectivity index (χ3v) is 5.23. The van der Waals surface area contributed by atoms with Gasteiger partial charge in [0.2, 0.25) is 0 Å². The van der Waals surface area contributed by atoms with Crippen molar-refractivity contribution in [1.29, 1.82) is 0 Å². The molecule has 0 N–H and O–H groups in total. The van der Waals surface area contributed by atoms with Crippen molar-refractivity contribution in [1.82, 2.24) is 0 Å². The van der Waals surface area contributed by atoms with E-state index in [0.717, 1.165) is 23.3 Å². The molecule has 134 valence electrons. The molecule has 1 aromatic carbocycles. The molecule has 1 aromatic heterocycles. The Labute approximate surface area is 153 Å². The number of methoxy groups -OCH3 is 1. The number of hydrogen-bond donors (Lipinski definition) is 0. The molecule has 1 heterocycles. The molecule has 0 amide bonds. The summed E-state index contributed by atoms with van der Waals surface area (Å²) in [6.07, 6.45) is 0.763. The van der Waals surface area contributed by atoms with Crippen molar-refractivity contribution in [3.05, 3.63) is 70.4 Å². The molecule has 0 fully saturated rings. The highest BCUT2D eigenvalue weighted by molar-refractivity contribution is 7.10. The fourth-order valence-corrected chi connectivity index (χ4v) is 3.44. The summed E-state index contributed by atoms with van der Waals surface area (Å²) < 4.78 is 4.79. The third-order valence-electron chi connectivity index (χ3n) is 4.31. The zero-order valence-corrected chi connectivity index (χ0v) is 15.7. The van der Waals surface area contributed by atoms with Gasteiger partial charge in [-0.25, -0.2) is 14.6 Å². The number of benzene rings is 1. The van der Waals surface area contributed by atoms with Gasteiger partial charge in [-0.3, -0.25) is 0 Å². The van der Waals surface area contributed by atoms with Crippen molar-refractivity contribution in [3.63, 3.8) is 0 Å². The van der Waals surface area contributed by atoms with Crippen LogP contribution in [0.1, 0.15) is 43.2 Å². The van der Waals surface area contributed by atoms with Crippen LogP contribution in [0.25, 0.3) is 0 Å². The quantitative estimate of drug-likeness (QED) is 0.267. The van der Waals surface area contributed by atoms with Crippen LogP contribution in [0, 0.1) is 0 Å². The van der Waals surface area contributed by atoms with Crippen LogP contribution in [-0.2, 0) is 24.9 Å². The molecule has 0 saturated heterocycles. The van der Waals surface area contributed by atoms with Crippen molar-refractivity contribution in [2.24, 2.45) is 0 Å². The van der Waals surface area contributed by atoms with E-state index >= 15 is 0 Å². The lowest BCUT2D eigenvalue weighted by molar-refractivity contribution is -0.388. The Balaban J connectivity index is 2.26. The molecule has 0 unspecified atom stereocenters. The van der Waals surface area contributed by atoms with Gasteiger partial charge >= 0.3 is 5.97 Å². The molecule has 1 atom stereocenters. The molecule has 0 aliphatic carbocycles. The third kappa shape index (κ3) is 4.37. The Morgan fingerprint density at radius 1 is 1.16 bits per heavy atom. The Morgan fingerprint density at radius 3 is 2.36 bits per heavy atom. The summed E-state index contributed by atoms with van der Waals surface area (Å²) in [7, 11) is 1.33. The van der Waals surface area contributed by atoms with Crippen LogP contribution < -0.4 is 0 Å². The van der Waals surface area contributed by atoms with Gasteiger partial charge in [-0.1, -0.05) is 56.8 Å². The highest BCUT2D eigenvalue weighted by atomic mass is 32.1. The van der Waals surface area contributed by atoms with Gasteiger partial charge in [0.1, 0.15) is 5.60 Å². The van der Waals surface area contributed by atoms with Crippen LogP contribution in [-0.4, -0.2) is 13.1 Å². The topological polar surface area (TPSA) is 44.8 Å². The lowest BCUT2D eigenvalue weighted by Gasteiger charge is -2.32. The van der Waals surface area contributed by atoms with Crippen molar-refractivity contribution in [2.45, 2.75) is 38.4 Å². The second-order valence-corrected chi connectivity index (χ2v) is 6.64. The van der Waals surface area contributed by atoms with Gasteiger partial charge < -0.3 is 4.74 Å². The fourth-order valence-electron chi connectivity index (χ4n) is 2.66. The largest absolute Gasteiger partial charge is 0.466 e. The van der Waals surface area contributed by atoms with Crippen LogP contribution >= 0.6 is 11.3 Å². The Hall–Kier alpha value is -1.95. The van der Waals surface area contributed by atoms with Gasteiger partial charge in [-0.05, 0) is 29.9 Å². The first-order valence-electron chi connectivity index (χ1n) is 8.28. The maximum absolute atomic E-state index is 11.9. The zero-order chi connectivity index (χ0) is 18.3. The molecule has 0 saturated carbocycles. The molecule has 2 aromatic rings. The van der Waals surface area contributed by atoms with E-state index in [1.54, 1.807) is 0 Å². The van der Waals surface area contributed by atoms with Crippen LogP contribution in [0.2, 0.25) is 0 Å². The Kier molecular flexibility index (Phi) is 6.93. The number of ether oxygens (including phenoxy) is 1. The summed E-state index contributed by atoms with van der Waals surface area (Å²) in [5.74, 6) is -0.514. The molecular weight excluding hydrogens is 336 g/mol. The summed E-state index contributed by atoms with van der Waals surface area (Å²) in [5.41, 5.74) is 0.653. The van der Waals surface area contributed by atoms with Gasteiger partial charge in [-0.15, -0.1) is 11.3 Å². The van der Waals surface area contributed by atoms with Crippen molar-refractivity contribution < 1.29 is 19.3 Å². The van der Waals surface area contributed by atoms with Crippen LogP contribution in [0.5, 0.6) is 0 Å². The van der Waals surface area contributed by atoms with E-state index in [-0.39, 0.29) is 5.57 Å². The summed E-state index contributed by atoms with van der Waals surface area (Å²) in [6.45, 7) is 7.94. The Morgan fingerprint density at radius 2 is 1.84 bits per heavy atom. The van der Waals surface area contributed by atoms with Crippen molar-refractivity contribution >= 4 is 17.3 Å². The SMILES string of the molecule is C=C(C(=O)OC)[C@H](OOC(CC)(CC)c1ccccc1)c1cccs1. The average molecular weight is 360 g/mol. The fraction of sp³-hybridized carbons (Fsp3) is 0.350. The van der Waals surface area contributed by atoms with Gasteiger partial charge in [0.05, 0.1) is 12.7 Å². The standard InChI is InChI=1S/C20H24O4S/c1-5-20(6-2,16-11-8-7-9-12-16)24-23-18(15(3)19(21)22-4)17-13-10-14-25-17/h7-14,18H,3,5-6H2,1-2,4H3/t18-/m0/s1. The highest BCUT2D eigenvalue weighted by Gasteiger charge is 2.34. The number of rotatable bonds is 9. The van der Waals surface area contributed by atoms with Crippen LogP contribution in [0.15, 0.2) is 60.0 Å². The maximum Gasteiger partial charge on any atom is 0.336 e. The van der Waals surface area contributed by atoms with Crippen molar-refractivity contribution in [3.8, 4) is 0 Å². The lowest BCUT2D eigenvalue weighted by Crippen LogP contribution is -2.30. The van der Waals surface area contributed by atoms with E-state index < -0.39 is 17.7 Å². The smallest absolute Gasteiger partial charge is 0.336 e. The van der Waals surface area contributed by atoms with E-state index in [2.05, 4.69) is 20.4 Å². The van der Waals surface area contributed by atoms with E-state index in [1.165, 1.54) is 18.4 Å². The number of thiophene rings is 1. The number of carbonyl (C=O) groups excluding carboxylic acids is 1. The van der Waals surface area contributed by atoms with Gasteiger partial charge in [0.15, 0.2) is 6.10 Å². The molecule has 0 radical (unpaired) electrons. The first-order chi connectivity index (χ1) is 12.1. The first kappa shape index (κ1) is 19.4. The molecule has 4 nitrogen and oxygen atoms in total. The normalized spacial score (nSPS) is 12.6. The molecule has 5 heteroatoms. The maximum atomic E-state index is 11.9. The monoisotopic (exact) mass is 360 g/mol. The minimum absolute atomic E-state index is 0.208. The molecular formula is C20H24O4S. The lowest BCUT2D eigenvalue weighted by atomic mass is 9.89. The average Bonchev–Trinajstić information content (AvgIpc) is 3.19. The summed E-state index contributed by atoms with van der Waals surface area (Å²) in [4.78, 5) is 24.5. The first-order valence-corrected chi connectivity index (χ1v) is 9.16. The molecule has 0 aliphatic heterocycles. The summed E-state index contributed by atoms with van der Waals surface area (Å²) in [5, 5.41) is 1.92. The summed E-state index contributed by atoms with van der Waals surface area (Å²) in [6, 6.07) is 13.7. The second-order valence-electron chi connectivity index (χ2n) is 5.66. The van der Waals surface area contributed by atoms with E-state index in [4.69, 9.17) is 14.5 Å². The number of esters is 1. The minimum atomic E-state index is -0.700. The second kappa shape index (κ2) is 8.94. The van der Waals surface area contributed by atoms with Gasteiger partial charge in [0.25, 0.3) is 0 Å². The minimum Gasteiger partial charge on any atom is -0.466 e. The van der Waals surface area contributed by atoms with Gasteiger partial charge in [0, 0.05) is 4.88 Å². The van der Waals surface area contributed by atoms with Crippen molar-refractivity contribution in [2.75, 3.05) is 7.11 Å². The van der Waals surface area contributed by atoms with Crippen LogP contribution in [0.3, 0.4) is 0 Å². The number of carbonyl (C=O) groups is 1. The van der Waals surface area contributed by atoms with E-state index in [0.29, 0.717) is 0 Å². The predicted octanol–water partition coefficient (Wildman–Crippen LogP) is 5.18. The molecule has 2 rings (SSSR count). The molecule has 0 bridgehead atoms. The van der Waals surface area contributed by atoms with E-state index in [9.17, 15) is 4.79 Å². The van der Waals surface area contributed by atoms with E-state index in [1.807, 2.05) is 47.8 Å². The molecule has 25 heavy (non-hydrogen) atoms. The Bertz CT molecular complexity index is 675. The molecule has 0 spiro atoms. The van der Waals surface area contributed by atoms with Crippen LogP contribution in [0.4, 0.5) is 0 Å². The predicted molar refractivity (Wildman–Crippen MR) is 99.1 cm³/mol. The van der Waals surface area contributed by atoms with Gasteiger partial charge in [-0.2, -0.15) is 0 Å². The highest BCUT2D eigenvalue weighted by Crippen LogP contribution is 2.37.